The average Bonchev–Trinajstić information content (AvgIpc) is 3.28. The Kier molecular flexibility index (Phi) is 7.14. The molecule has 1 amide bonds. The second-order valence-electron chi connectivity index (χ2n) is 7.83. The van der Waals surface area contributed by atoms with Crippen molar-refractivity contribution in [1.29, 1.82) is 0 Å². The highest BCUT2D eigenvalue weighted by Crippen LogP contribution is 2.40. The van der Waals surface area contributed by atoms with Gasteiger partial charge in [0, 0.05) is 43.4 Å². The Morgan fingerprint density at radius 2 is 2.03 bits per heavy atom. The Balaban J connectivity index is 2.00. The lowest BCUT2D eigenvalue weighted by atomic mass is 9.78. The summed E-state index contributed by atoms with van der Waals surface area (Å²) in [6, 6.07) is 2.97. The van der Waals surface area contributed by atoms with Gasteiger partial charge in [-0.05, 0) is 37.1 Å². The van der Waals surface area contributed by atoms with Crippen LogP contribution in [-0.2, 0) is 16.9 Å². The lowest BCUT2D eigenvalue weighted by Gasteiger charge is -2.35. The molecule has 2 heterocycles. The predicted octanol–water partition coefficient (Wildman–Crippen LogP) is 2.06. The fourth-order valence-electron chi connectivity index (χ4n) is 3.74. The number of carbonyl (C=O) groups is 1. The van der Waals surface area contributed by atoms with Crippen molar-refractivity contribution in [3.05, 3.63) is 65.5 Å². The number of hydrogen-bond donors (Lipinski definition) is 3. The molecular formula is C22H28FN7O2. The van der Waals surface area contributed by atoms with Crippen LogP contribution in [0.25, 0.3) is 0 Å². The molecule has 0 fully saturated rings. The molecule has 3 aromatic rings. The first-order chi connectivity index (χ1) is 15.3. The van der Waals surface area contributed by atoms with Crippen LogP contribution in [0.5, 0.6) is 0 Å². The lowest BCUT2D eigenvalue weighted by Crippen LogP contribution is -2.39. The molecular weight excluding hydrogens is 413 g/mol. The van der Waals surface area contributed by atoms with Crippen molar-refractivity contribution in [1.82, 2.24) is 30.0 Å². The fraction of sp³-hybridized carbons (Fsp3) is 0.409. The number of nitrogens with one attached hydrogen (secondary N) is 2. The number of carbonyl (C=O) groups excluding carboxylic acids is 1. The molecule has 0 bridgehead atoms. The molecule has 10 heteroatoms. The number of rotatable bonds is 9. The van der Waals surface area contributed by atoms with Crippen molar-refractivity contribution in [2.45, 2.75) is 45.3 Å². The van der Waals surface area contributed by atoms with Crippen LogP contribution >= 0.6 is 0 Å². The van der Waals surface area contributed by atoms with E-state index in [1.54, 1.807) is 26.2 Å². The highest BCUT2D eigenvalue weighted by molar-refractivity contribution is 5.76. The van der Waals surface area contributed by atoms with Crippen LogP contribution in [0.3, 0.4) is 0 Å². The van der Waals surface area contributed by atoms with E-state index in [-0.39, 0.29) is 24.4 Å². The number of aliphatic hydroxyl groups is 1. The Labute approximate surface area is 186 Å². The summed E-state index contributed by atoms with van der Waals surface area (Å²) in [5, 5.41) is 21.6. The highest BCUT2D eigenvalue weighted by atomic mass is 19.1. The van der Waals surface area contributed by atoms with Crippen LogP contribution in [0.2, 0.25) is 0 Å². The third-order valence-electron chi connectivity index (χ3n) is 5.66. The third kappa shape index (κ3) is 4.91. The van der Waals surface area contributed by atoms with Gasteiger partial charge in [-0.2, -0.15) is 5.10 Å². The summed E-state index contributed by atoms with van der Waals surface area (Å²) in [7, 11) is 1.57. The molecule has 0 saturated carbocycles. The zero-order chi connectivity index (χ0) is 23.3. The van der Waals surface area contributed by atoms with Gasteiger partial charge >= 0.3 is 0 Å². The standard InChI is InChI=1S/C22H28FN7O2/c1-14-7-17(18(23)8-19(14)27-6-5-20(31)24-4)22(32,10-30-13-26-12-29-30)16(3)21-15(2)9-25-11-28-21/h7-9,11-13,16,27,32H,5-6,10H2,1-4H3,(H,24,31)/t16-,22+/m0/s1. The van der Waals surface area contributed by atoms with Crippen molar-refractivity contribution < 1.29 is 14.3 Å². The molecule has 0 aliphatic heterocycles. The normalized spacial score (nSPS) is 13.9. The van der Waals surface area contributed by atoms with Gasteiger partial charge in [-0.1, -0.05) is 6.92 Å². The number of aromatic nitrogens is 5. The third-order valence-corrected chi connectivity index (χ3v) is 5.66. The van der Waals surface area contributed by atoms with E-state index < -0.39 is 17.3 Å². The monoisotopic (exact) mass is 441 g/mol. The van der Waals surface area contributed by atoms with Crippen molar-refractivity contribution >= 4 is 11.6 Å². The quantitative estimate of drug-likeness (QED) is 0.465. The molecule has 2 atom stereocenters. The number of benzene rings is 1. The second-order valence-corrected chi connectivity index (χ2v) is 7.83. The summed E-state index contributed by atoms with van der Waals surface area (Å²) >= 11 is 0. The molecule has 0 saturated heterocycles. The molecule has 3 N–H and O–H groups in total. The summed E-state index contributed by atoms with van der Waals surface area (Å²) in [6.07, 6.45) is 6.18. The molecule has 9 nitrogen and oxygen atoms in total. The molecule has 1 aromatic carbocycles. The number of halogens is 1. The van der Waals surface area contributed by atoms with Gasteiger partial charge in [0.2, 0.25) is 5.91 Å². The zero-order valence-corrected chi connectivity index (χ0v) is 18.6. The van der Waals surface area contributed by atoms with E-state index in [2.05, 4.69) is 30.7 Å². The van der Waals surface area contributed by atoms with Gasteiger partial charge in [0.15, 0.2) is 0 Å². The average molecular weight is 442 g/mol. The largest absolute Gasteiger partial charge is 0.384 e. The Bertz CT molecular complexity index is 1070. The lowest BCUT2D eigenvalue weighted by molar-refractivity contribution is -0.120. The molecule has 0 radical (unpaired) electrons. The number of aryl methyl sites for hydroxylation is 2. The van der Waals surface area contributed by atoms with Gasteiger partial charge in [-0.3, -0.25) is 4.79 Å². The van der Waals surface area contributed by atoms with Crippen LogP contribution in [0, 0.1) is 19.7 Å². The van der Waals surface area contributed by atoms with Crippen LogP contribution in [0.15, 0.2) is 37.3 Å². The summed E-state index contributed by atoms with van der Waals surface area (Å²) in [5.41, 5.74) is 1.18. The Morgan fingerprint density at radius 1 is 1.25 bits per heavy atom. The Hall–Kier alpha value is -3.40. The maximum atomic E-state index is 15.4. The summed E-state index contributed by atoms with van der Waals surface area (Å²) in [6.45, 7) is 5.82. The first kappa shape index (κ1) is 23.3. The summed E-state index contributed by atoms with van der Waals surface area (Å²) in [5.74, 6) is -1.25. The van der Waals surface area contributed by atoms with Crippen LogP contribution in [-0.4, -0.2) is 49.3 Å². The minimum absolute atomic E-state index is 0.0165. The molecule has 2 aromatic heterocycles. The molecule has 0 aliphatic carbocycles. The molecule has 32 heavy (non-hydrogen) atoms. The van der Waals surface area contributed by atoms with Crippen molar-refractivity contribution in [3.63, 3.8) is 0 Å². The minimum Gasteiger partial charge on any atom is -0.384 e. The minimum atomic E-state index is -1.66. The molecule has 0 unspecified atom stereocenters. The van der Waals surface area contributed by atoms with Crippen molar-refractivity contribution in [3.8, 4) is 0 Å². The number of anilines is 1. The predicted molar refractivity (Wildman–Crippen MR) is 117 cm³/mol. The van der Waals surface area contributed by atoms with E-state index >= 15 is 4.39 Å². The molecule has 0 aliphatic rings. The first-order valence-electron chi connectivity index (χ1n) is 10.3. The van der Waals surface area contributed by atoms with Crippen LogP contribution in [0.4, 0.5) is 10.1 Å². The van der Waals surface area contributed by atoms with Gasteiger partial charge in [0.1, 0.15) is 30.4 Å². The second kappa shape index (κ2) is 9.82. The van der Waals surface area contributed by atoms with Gasteiger partial charge in [0.25, 0.3) is 0 Å². The van der Waals surface area contributed by atoms with Crippen LogP contribution in [0.1, 0.15) is 41.6 Å². The Morgan fingerprint density at radius 3 is 2.69 bits per heavy atom. The van der Waals surface area contributed by atoms with E-state index in [9.17, 15) is 9.90 Å². The zero-order valence-electron chi connectivity index (χ0n) is 18.6. The smallest absolute Gasteiger partial charge is 0.221 e. The van der Waals surface area contributed by atoms with Gasteiger partial charge < -0.3 is 15.7 Å². The first-order valence-corrected chi connectivity index (χ1v) is 10.3. The highest BCUT2D eigenvalue weighted by Gasteiger charge is 2.41. The van der Waals surface area contributed by atoms with E-state index in [0.29, 0.717) is 17.9 Å². The maximum Gasteiger partial charge on any atom is 0.221 e. The summed E-state index contributed by atoms with van der Waals surface area (Å²) < 4.78 is 16.9. The summed E-state index contributed by atoms with van der Waals surface area (Å²) in [4.78, 5) is 23.7. The van der Waals surface area contributed by atoms with Gasteiger partial charge in [-0.25, -0.2) is 24.0 Å². The fourth-order valence-corrected chi connectivity index (χ4v) is 3.74. The molecule has 170 valence electrons. The van der Waals surface area contributed by atoms with E-state index in [0.717, 1.165) is 11.1 Å². The molecule has 3 rings (SSSR count). The van der Waals surface area contributed by atoms with Crippen LogP contribution < -0.4 is 10.6 Å². The number of hydrogen-bond acceptors (Lipinski definition) is 7. The molecule has 0 spiro atoms. The van der Waals surface area contributed by atoms with Gasteiger partial charge in [0.05, 0.1) is 12.2 Å². The van der Waals surface area contributed by atoms with Crippen molar-refractivity contribution in [2.24, 2.45) is 0 Å². The van der Waals surface area contributed by atoms with E-state index in [4.69, 9.17) is 0 Å². The van der Waals surface area contributed by atoms with Gasteiger partial charge in [-0.15, -0.1) is 0 Å². The van der Waals surface area contributed by atoms with E-state index in [1.807, 2.05) is 13.8 Å². The number of nitrogens with zero attached hydrogens (tertiary/aromatic N) is 5. The SMILES string of the molecule is CNC(=O)CCNc1cc(F)c([C@@](O)(Cn2cncn2)[C@@H](C)c2ncncc2C)cc1C. The topological polar surface area (TPSA) is 118 Å². The van der Waals surface area contributed by atoms with Crippen molar-refractivity contribution in [2.75, 3.05) is 18.9 Å². The maximum absolute atomic E-state index is 15.4. The van der Waals surface area contributed by atoms with E-state index in [1.165, 1.54) is 29.7 Å². The number of amides is 1.